The minimum atomic E-state index is -0.204. The molecule has 2 saturated carbocycles. The molecule has 0 N–H and O–H groups in total. The highest BCUT2D eigenvalue weighted by Crippen LogP contribution is 2.57. The van der Waals surface area contributed by atoms with E-state index in [1.54, 1.807) is 5.30 Å². The van der Waals surface area contributed by atoms with Gasteiger partial charge in [0.05, 0.1) is 0 Å². The highest BCUT2D eigenvalue weighted by atomic mass is 31.1. The van der Waals surface area contributed by atoms with E-state index in [0.29, 0.717) is 0 Å². The number of hydrogen-bond donors (Lipinski definition) is 0. The highest BCUT2D eigenvalue weighted by molar-refractivity contribution is 7.67. The van der Waals surface area contributed by atoms with E-state index in [9.17, 15) is 0 Å². The van der Waals surface area contributed by atoms with Crippen LogP contribution < -0.4 is 5.30 Å². The fourth-order valence-corrected chi connectivity index (χ4v) is 10.9. The van der Waals surface area contributed by atoms with Gasteiger partial charge in [-0.15, -0.1) is 0 Å². The summed E-state index contributed by atoms with van der Waals surface area (Å²) in [7, 11) is -0.204. The van der Waals surface area contributed by atoms with Gasteiger partial charge in [0.25, 0.3) is 0 Å². The maximum absolute atomic E-state index is 2.53. The normalized spacial score (nSPS) is 17.1. The Balaban J connectivity index is 1.57. The average molecular weight is 517 g/mol. The second-order valence-electron chi connectivity index (χ2n) is 11.5. The Bertz CT molecular complexity index is 1310. The Morgan fingerprint density at radius 3 is 1.58 bits per heavy atom. The molecule has 0 aliphatic heterocycles. The van der Waals surface area contributed by atoms with E-state index < -0.39 is 0 Å². The summed E-state index contributed by atoms with van der Waals surface area (Å²) in [5.74, 6) is 0. The third kappa shape index (κ3) is 5.39. The zero-order valence-electron chi connectivity index (χ0n) is 22.9. The molecule has 0 amide bonds. The largest absolute Gasteiger partial charge is 0.0683 e. The molecule has 0 heterocycles. The lowest BCUT2D eigenvalue weighted by Crippen LogP contribution is -2.27. The second kappa shape index (κ2) is 12.0. The van der Waals surface area contributed by atoms with Gasteiger partial charge in [0.2, 0.25) is 0 Å². The smallest absolute Gasteiger partial charge is 0.00204 e. The maximum Gasteiger partial charge on any atom is -0.00204 e. The van der Waals surface area contributed by atoms with Crippen molar-refractivity contribution >= 4 is 13.2 Å². The SMILES string of the molecule is Cc1ccc(-c2cccc(-c3ccccc3)c2-c2ccccc2P(C2CCCCC2)C2CCCCC2)cc1. The molecule has 1 heteroatoms. The van der Waals surface area contributed by atoms with Crippen LogP contribution in [-0.4, -0.2) is 11.3 Å². The molecule has 194 valence electrons. The standard InChI is InChI=1S/C37H41P/c1-28-24-26-30(27-25-28)34-22-13-21-33(29-14-5-2-6-15-29)37(34)35-20-11-12-23-36(35)38(31-16-7-3-8-17-31)32-18-9-4-10-19-32/h2,5-6,11-15,20-27,31-32H,3-4,7-10,16-19H2,1H3. The van der Waals surface area contributed by atoms with Crippen LogP contribution in [0.4, 0.5) is 0 Å². The molecule has 0 radical (unpaired) electrons. The molecule has 0 aromatic heterocycles. The Hall–Kier alpha value is -2.69. The summed E-state index contributed by atoms with van der Waals surface area (Å²) in [5.41, 5.74) is 11.3. The molecule has 0 unspecified atom stereocenters. The minimum absolute atomic E-state index is 0.204. The van der Waals surface area contributed by atoms with Gasteiger partial charge in [-0.25, -0.2) is 0 Å². The molecular formula is C37H41P. The van der Waals surface area contributed by atoms with Crippen LogP contribution in [0.5, 0.6) is 0 Å². The molecule has 2 aliphatic rings. The summed E-state index contributed by atoms with van der Waals surface area (Å²) in [6.45, 7) is 2.18. The molecule has 38 heavy (non-hydrogen) atoms. The van der Waals surface area contributed by atoms with Crippen molar-refractivity contribution in [3.8, 4) is 33.4 Å². The van der Waals surface area contributed by atoms with Crippen LogP contribution in [0.15, 0.2) is 97.1 Å². The first-order valence-corrected chi connectivity index (χ1v) is 16.4. The van der Waals surface area contributed by atoms with Crippen molar-refractivity contribution in [3.63, 3.8) is 0 Å². The van der Waals surface area contributed by atoms with Crippen LogP contribution in [0.2, 0.25) is 0 Å². The topological polar surface area (TPSA) is 0 Å². The van der Waals surface area contributed by atoms with Gasteiger partial charge in [-0.1, -0.05) is 149 Å². The molecule has 0 saturated heterocycles. The zero-order valence-corrected chi connectivity index (χ0v) is 23.8. The minimum Gasteiger partial charge on any atom is -0.0683 e. The van der Waals surface area contributed by atoms with E-state index >= 15 is 0 Å². The Morgan fingerprint density at radius 1 is 0.474 bits per heavy atom. The first kappa shape index (κ1) is 25.6. The van der Waals surface area contributed by atoms with Crippen molar-refractivity contribution in [2.75, 3.05) is 0 Å². The van der Waals surface area contributed by atoms with Gasteiger partial charge in [-0.05, 0) is 82.6 Å². The van der Waals surface area contributed by atoms with Crippen molar-refractivity contribution < 1.29 is 0 Å². The van der Waals surface area contributed by atoms with E-state index in [2.05, 4.69) is 104 Å². The summed E-state index contributed by atoms with van der Waals surface area (Å²) >= 11 is 0. The van der Waals surface area contributed by atoms with Crippen LogP contribution in [0.3, 0.4) is 0 Å². The van der Waals surface area contributed by atoms with E-state index in [4.69, 9.17) is 0 Å². The summed E-state index contributed by atoms with van der Waals surface area (Å²) in [6, 6.07) is 36.8. The molecule has 0 atom stereocenters. The van der Waals surface area contributed by atoms with Crippen molar-refractivity contribution in [1.29, 1.82) is 0 Å². The first-order chi connectivity index (χ1) is 18.8. The summed E-state index contributed by atoms with van der Waals surface area (Å²) in [6.07, 6.45) is 14.3. The number of benzene rings is 4. The van der Waals surface area contributed by atoms with Gasteiger partial charge in [0, 0.05) is 0 Å². The van der Waals surface area contributed by atoms with Gasteiger partial charge in [-0.3, -0.25) is 0 Å². The van der Waals surface area contributed by atoms with Gasteiger partial charge < -0.3 is 0 Å². The second-order valence-corrected chi connectivity index (χ2v) is 14.2. The maximum atomic E-state index is 2.53. The van der Waals surface area contributed by atoms with Crippen molar-refractivity contribution in [2.45, 2.75) is 82.4 Å². The number of rotatable bonds is 6. The summed E-state index contributed by atoms with van der Waals surface area (Å²) < 4.78 is 0. The first-order valence-electron chi connectivity index (χ1n) is 14.9. The molecule has 0 nitrogen and oxygen atoms in total. The van der Waals surface area contributed by atoms with Gasteiger partial charge in [0.1, 0.15) is 0 Å². The van der Waals surface area contributed by atoms with E-state index in [1.165, 1.54) is 103 Å². The fraction of sp³-hybridized carbons (Fsp3) is 0.351. The molecule has 0 bridgehead atoms. The molecular weight excluding hydrogens is 475 g/mol. The Kier molecular flexibility index (Phi) is 8.08. The average Bonchev–Trinajstić information content (AvgIpc) is 2.99. The Labute approximate surface area is 231 Å². The van der Waals surface area contributed by atoms with E-state index in [0.717, 1.165) is 11.3 Å². The van der Waals surface area contributed by atoms with Crippen LogP contribution in [0.1, 0.15) is 69.8 Å². The molecule has 6 rings (SSSR count). The van der Waals surface area contributed by atoms with Crippen molar-refractivity contribution in [1.82, 2.24) is 0 Å². The zero-order chi connectivity index (χ0) is 25.7. The third-order valence-electron chi connectivity index (χ3n) is 8.90. The van der Waals surface area contributed by atoms with Gasteiger partial charge >= 0.3 is 0 Å². The van der Waals surface area contributed by atoms with E-state index in [1.807, 2.05) is 0 Å². The van der Waals surface area contributed by atoms with Crippen molar-refractivity contribution in [3.05, 3.63) is 103 Å². The van der Waals surface area contributed by atoms with Crippen LogP contribution in [0.25, 0.3) is 33.4 Å². The lowest BCUT2D eigenvalue weighted by atomic mass is 9.87. The molecule has 0 spiro atoms. The monoisotopic (exact) mass is 516 g/mol. The van der Waals surface area contributed by atoms with Crippen molar-refractivity contribution in [2.24, 2.45) is 0 Å². The third-order valence-corrected chi connectivity index (χ3v) is 12.5. The number of hydrogen-bond acceptors (Lipinski definition) is 0. The molecule has 2 fully saturated rings. The van der Waals surface area contributed by atoms with Crippen LogP contribution >= 0.6 is 7.92 Å². The molecule has 4 aromatic carbocycles. The fourth-order valence-electron chi connectivity index (χ4n) is 6.99. The molecule has 2 aliphatic carbocycles. The quantitative estimate of drug-likeness (QED) is 0.224. The predicted molar refractivity (Wildman–Crippen MR) is 168 cm³/mol. The summed E-state index contributed by atoms with van der Waals surface area (Å²) in [4.78, 5) is 0. The lowest BCUT2D eigenvalue weighted by molar-refractivity contribution is 0.487. The predicted octanol–water partition coefficient (Wildman–Crippen LogP) is 10.8. The summed E-state index contributed by atoms with van der Waals surface area (Å²) in [5, 5.41) is 1.68. The highest BCUT2D eigenvalue weighted by Gasteiger charge is 2.34. The van der Waals surface area contributed by atoms with Gasteiger partial charge in [0.15, 0.2) is 0 Å². The van der Waals surface area contributed by atoms with Crippen LogP contribution in [-0.2, 0) is 0 Å². The van der Waals surface area contributed by atoms with Gasteiger partial charge in [-0.2, -0.15) is 0 Å². The van der Waals surface area contributed by atoms with Crippen LogP contribution in [0, 0.1) is 6.92 Å². The lowest BCUT2D eigenvalue weighted by Gasteiger charge is -2.40. The Morgan fingerprint density at radius 2 is 0.974 bits per heavy atom. The molecule has 4 aromatic rings. The van der Waals surface area contributed by atoms with E-state index in [-0.39, 0.29) is 7.92 Å². The number of aryl methyl sites for hydroxylation is 1.